The van der Waals surface area contributed by atoms with Crippen molar-refractivity contribution in [3.05, 3.63) is 12.7 Å². The molecule has 14 heavy (non-hydrogen) atoms. The number of carbonyl (C=O) groups is 1. The summed E-state index contributed by atoms with van der Waals surface area (Å²) in [6.45, 7) is 7.54. The molecular weight excluding hydrogens is 196 g/mol. The topological polar surface area (TPSA) is 41.1 Å². The molecule has 0 atom stereocenters. The van der Waals surface area contributed by atoms with Crippen LogP contribution in [0.1, 0.15) is 13.3 Å². The molecule has 0 radical (unpaired) electrons. The summed E-state index contributed by atoms with van der Waals surface area (Å²) >= 11 is 1.93. The van der Waals surface area contributed by atoms with Crippen LogP contribution in [0.3, 0.4) is 0 Å². The Balaban J connectivity index is 3.10. The molecule has 0 bridgehead atoms. The fourth-order valence-electron chi connectivity index (χ4n) is 0.894. The lowest BCUT2D eigenvalue weighted by Gasteiger charge is -2.04. The first-order chi connectivity index (χ1) is 6.81. The fraction of sp³-hybridized carbons (Fsp3) is 0.700. The van der Waals surface area contributed by atoms with E-state index in [4.69, 9.17) is 0 Å². The third-order valence-electron chi connectivity index (χ3n) is 1.58. The van der Waals surface area contributed by atoms with Crippen molar-refractivity contribution in [1.82, 2.24) is 10.6 Å². The SMILES string of the molecule is C=CCNC(=O)CNCCCSCC. The summed E-state index contributed by atoms with van der Waals surface area (Å²) in [5.74, 6) is 2.37. The lowest BCUT2D eigenvalue weighted by molar-refractivity contribution is -0.120. The van der Waals surface area contributed by atoms with Crippen LogP contribution in [0, 0.1) is 0 Å². The van der Waals surface area contributed by atoms with Gasteiger partial charge in [0.15, 0.2) is 0 Å². The Hall–Kier alpha value is -0.480. The molecule has 0 aromatic heterocycles. The largest absolute Gasteiger partial charge is 0.352 e. The first-order valence-corrected chi connectivity index (χ1v) is 6.12. The second kappa shape index (κ2) is 10.6. The lowest BCUT2D eigenvalue weighted by Crippen LogP contribution is -2.34. The molecule has 0 unspecified atom stereocenters. The van der Waals surface area contributed by atoms with Crippen molar-refractivity contribution in [1.29, 1.82) is 0 Å². The van der Waals surface area contributed by atoms with Gasteiger partial charge in [-0.15, -0.1) is 6.58 Å². The number of rotatable bonds is 9. The number of hydrogen-bond donors (Lipinski definition) is 2. The van der Waals surface area contributed by atoms with E-state index in [9.17, 15) is 4.79 Å². The van der Waals surface area contributed by atoms with Gasteiger partial charge in [0.25, 0.3) is 0 Å². The number of hydrogen-bond acceptors (Lipinski definition) is 3. The first kappa shape index (κ1) is 13.5. The average molecular weight is 216 g/mol. The average Bonchev–Trinajstić information content (AvgIpc) is 2.20. The van der Waals surface area contributed by atoms with Crippen molar-refractivity contribution < 1.29 is 4.79 Å². The van der Waals surface area contributed by atoms with Crippen LogP contribution in [0.2, 0.25) is 0 Å². The molecule has 0 spiro atoms. The van der Waals surface area contributed by atoms with Gasteiger partial charge in [0.2, 0.25) is 5.91 Å². The van der Waals surface area contributed by atoms with E-state index in [1.807, 2.05) is 11.8 Å². The molecule has 0 aliphatic carbocycles. The van der Waals surface area contributed by atoms with Gasteiger partial charge in [0, 0.05) is 6.54 Å². The molecular formula is C10H20N2OS. The van der Waals surface area contributed by atoms with Crippen molar-refractivity contribution in [2.75, 3.05) is 31.1 Å². The normalized spacial score (nSPS) is 9.79. The van der Waals surface area contributed by atoms with Crippen molar-refractivity contribution in [2.45, 2.75) is 13.3 Å². The molecule has 1 amide bonds. The molecule has 0 rings (SSSR count). The number of carbonyl (C=O) groups excluding carboxylic acids is 1. The fourth-order valence-corrected chi connectivity index (χ4v) is 1.53. The van der Waals surface area contributed by atoms with E-state index in [0.717, 1.165) is 18.7 Å². The zero-order valence-corrected chi connectivity index (χ0v) is 9.66. The van der Waals surface area contributed by atoms with E-state index in [1.165, 1.54) is 5.75 Å². The molecule has 4 heteroatoms. The lowest BCUT2D eigenvalue weighted by atomic mass is 10.4. The van der Waals surface area contributed by atoms with Crippen molar-refractivity contribution in [2.24, 2.45) is 0 Å². The van der Waals surface area contributed by atoms with Crippen molar-refractivity contribution >= 4 is 17.7 Å². The van der Waals surface area contributed by atoms with Gasteiger partial charge in [0.1, 0.15) is 0 Å². The highest BCUT2D eigenvalue weighted by molar-refractivity contribution is 7.99. The third-order valence-corrected chi connectivity index (χ3v) is 2.56. The van der Waals surface area contributed by atoms with Gasteiger partial charge >= 0.3 is 0 Å². The van der Waals surface area contributed by atoms with E-state index >= 15 is 0 Å². The maximum Gasteiger partial charge on any atom is 0.234 e. The first-order valence-electron chi connectivity index (χ1n) is 4.97. The van der Waals surface area contributed by atoms with Crippen molar-refractivity contribution in [3.8, 4) is 0 Å². The Kier molecular flexibility index (Phi) is 10.2. The molecule has 0 aliphatic heterocycles. The van der Waals surface area contributed by atoms with Crippen LogP contribution in [0.15, 0.2) is 12.7 Å². The Morgan fingerprint density at radius 1 is 1.57 bits per heavy atom. The van der Waals surface area contributed by atoms with E-state index in [1.54, 1.807) is 6.08 Å². The summed E-state index contributed by atoms with van der Waals surface area (Å²) in [4.78, 5) is 11.1. The van der Waals surface area contributed by atoms with Gasteiger partial charge < -0.3 is 10.6 Å². The van der Waals surface area contributed by atoms with Crippen LogP contribution in [0.5, 0.6) is 0 Å². The third kappa shape index (κ3) is 9.61. The summed E-state index contributed by atoms with van der Waals surface area (Å²) in [5.41, 5.74) is 0. The minimum absolute atomic E-state index is 0.0352. The Morgan fingerprint density at radius 2 is 2.36 bits per heavy atom. The molecule has 0 saturated heterocycles. The quantitative estimate of drug-likeness (QED) is 0.447. The second-order valence-corrected chi connectivity index (χ2v) is 4.21. The van der Waals surface area contributed by atoms with E-state index < -0.39 is 0 Å². The standard InChI is InChI=1S/C10H20N2OS/c1-3-6-12-10(13)9-11-7-5-8-14-4-2/h3,11H,1,4-9H2,2H3,(H,12,13). The summed E-state index contributed by atoms with van der Waals surface area (Å²) in [6, 6.07) is 0. The number of amides is 1. The minimum atomic E-state index is 0.0352. The summed E-state index contributed by atoms with van der Waals surface area (Å²) in [6.07, 6.45) is 2.79. The summed E-state index contributed by atoms with van der Waals surface area (Å²) < 4.78 is 0. The monoisotopic (exact) mass is 216 g/mol. The van der Waals surface area contributed by atoms with Gasteiger partial charge in [0.05, 0.1) is 6.54 Å². The number of thioether (sulfide) groups is 1. The predicted octanol–water partition coefficient (Wildman–Crippen LogP) is 1.02. The van der Waals surface area contributed by atoms with E-state index in [0.29, 0.717) is 13.1 Å². The van der Waals surface area contributed by atoms with Crippen LogP contribution in [0.4, 0.5) is 0 Å². The molecule has 0 saturated carbocycles. The zero-order chi connectivity index (χ0) is 10.6. The number of nitrogens with one attached hydrogen (secondary N) is 2. The minimum Gasteiger partial charge on any atom is -0.352 e. The Morgan fingerprint density at radius 3 is 3.00 bits per heavy atom. The highest BCUT2D eigenvalue weighted by atomic mass is 32.2. The van der Waals surface area contributed by atoms with Gasteiger partial charge in [-0.25, -0.2) is 0 Å². The molecule has 0 fully saturated rings. The van der Waals surface area contributed by atoms with Crippen molar-refractivity contribution in [3.63, 3.8) is 0 Å². The van der Waals surface area contributed by atoms with Crippen LogP contribution in [-0.4, -0.2) is 37.0 Å². The Bertz CT molecular complexity index is 162. The van der Waals surface area contributed by atoms with E-state index in [-0.39, 0.29) is 5.91 Å². The molecule has 3 nitrogen and oxygen atoms in total. The smallest absolute Gasteiger partial charge is 0.234 e. The maximum absolute atomic E-state index is 11.1. The van der Waals surface area contributed by atoms with Gasteiger partial charge in [-0.05, 0) is 24.5 Å². The molecule has 0 aromatic carbocycles. The predicted molar refractivity (Wildman–Crippen MR) is 63.7 cm³/mol. The maximum atomic E-state index is 11.1. The highest BCUT2D eigenvalue weighted by Gasteiger charge is 1.96. The van der Waals surface area contributed by atoms with Crippen LogP contribution in [0.25, 0.3) is 0 Å². The van der Waals surface area contributed by atoms with Crippen LogP contribution < -0.4 is 10.6 Å². The highest BCUT2D eigenvalue weighted by Crippen LogP contribution is 1.98. The van der Waals surface area contributed by atoms with Gasteiger partial charge in [-0.3, -0.25) is 4.79 Å². The molecule has 2 N–H and O–H groups in total. The zero-order valence-electron chi connectivity index (χ0n) is 8.84. The van der Waals surface area contributed by atoms with Crippen LogP contribution in [-0.2, 0) is 4.79 Å². The Labute approximate surface area is 90.7 Å². The van der Waals surface area contributed by atoms with Gasteiger partial charge in [-0.2, -0.15) is 11.8 Å². The molecule has 0 aromatic rings. The second-order valence-electron chi connectivity index (χ2n) is 2.82. The summed E-state index contributed by atoms with van der Waals surface area (Å²) in [5, 5.41) is 5.80. The molecule has 0 aliphatic rings. The van der Waals surface area contributed by atoms with E-state index in [2.05, 4.69) is 24.1 Å². The molecule has 0 heterocycles. The molecule has 82 valence electrons. The van der Waals surface area contributed by atoms with Crippen LogP contribution >= 0.6 is 11.8 Å². The van der Waals surface area contributed by atoms with Gasteiger partial charge in [-0.1, -0.05) is 13.0 Å². The summed E-state index contributed by atoms with van der Waals surface area (Å²) in [7, 11) is 0.